The van der Waals surface area contributed by atoms with E-state index in [1.165, 1.54) is 12.1 Å². The van der Waals surface area contributed by atoms with Gasteiger partial charge in [0.2, 0.25) is 0 Å². The Labute approximate surface area is 253 Å². The number of hydrogen-bond acceptors (Lipinski definition) is 4. The molecule has 5 rings (SSSR count). The number of para-hydroxylation sites is 1. The van der Waals surface area contributed by atoms with Crippen LogP contribution in [0.4, 0.5) is 23.7 Å². The summed E-state index contributed by atoms with van der Waals surface area (Å²) in [6.07, 6.45) is -3.94. The van der Waals surface area contributed by atoms with Crippen molar-refractivity contribution in [3.8, 4) is 22.7 Å². The van der Waals surface area contributed by atoms with Crippen molar-refractivity contribution in [1.82, 2.24) is 14.7 Å². The van der Waals surface area contributed by atoms with Crippen LogP contribution in [0.5, 0.6) is 5.75 Å². The summed E-state index contributed by atoms with van der Waals surface area (Å²) in [5.41, 5.74) is 10.4. The molecule has 1 aliphatic heterocycles. The van der Waals surface area contributed by atoms with Crippen LogP contribution in [0.15, 0.2) is 60.7 Å². The average Bonchev–Trinajstić information content (AvgIpc) is 3.29. The number of fused-ring (bicyclic) bond motifs is 1. The lowest BCUT2D eigenvalue weighted by Crippen LogP contribution is -2.30. The zero-order valence-electron chi connectivity index (χ0n) is 24.1. The van der Waals surface area contributed by atoms with Gasteiger partial charge in [0, 0.05) is 47.9 Å². The van der Waals surface area contributed by atoms with E-state index < -0.39 is 17.8 Å². The van der Waals surface area contributed by atoms with E-state index in [-0.39, 0.29) is 17.1 Å². The van der Waals surface area contributed by atoms with E-state index in [1.54, 1.807) is 12.1 Å². The largest absolute Gasteiger partial charge is 0.491 e. The molecule has 1 aliphatic rings. The molecule has 7 nitrogen and oxygen atoms in total. The molecule has 4 aromatic rings. The monoisotopic (exact) mass is 611 g/mol. The zero-order valence-corrected chi connectivity index (χ0v) is 24.9. The van der Waals surface area contributed by atoms with Gasteiger partial charge in [-0.05, 0) is 60.4 Å². The van der Waals surface area contributed by atoms with E-state index in [1.807, 2.05) is 46.8 Å². The Morgan fingerprint density at radius 1 is 1.14 bits per heavy atom. The molecule has 0 radical (unpaired) electrons. The molecule has 0 spiro atoms. The summed E-state index contributed by atoms with van der Waals surface area (Å²) in [5.74, 6) is 0.998. The van der Waals surface area contributed by atoms with Gasteiger partial charge in [0.05, 0.1) is 23.6 Å². The van der Waals surface area contributed by atoms with Crippen LogP contribution in [-0.4, -0.2) is 33.9 Å². The van der Waals surface area contributed by atoms with Crippen molar-refractivity contribution in [2.24, 2.45) is 11.7 Å². The fraction of sp³-hybridized carbons (Fsp3) is 0.312. The van der Waals surface area contributed by atoms with Gasteiger partial charge in [-0.15, -0.1) is 0 Å². The number of halogens is 4. The summed E-state index contributed by atoms with van der Waals surface area (Å²) in [6.45, 7) is 7.65. The number of alkyl halides is 3. The van der Waals surface area contributed by atoms with Gasteiger partial charge in [0.1, 0.15) is 11.4 Å². The molecular formula is C32H33ClF3N5O2. The number of nitrogens with zero attached hydrogens (tertiary/aromatic N) is 3. The maximum absolute atomic E-state index is 13.8. The van der Waals surface area contributed by atoms with E-state index in [4.69, 9.17) is 27.2 Å². The predicted octanol–water partition coefficient (Wildman–Crippen LogP) is 7.60. The van der Waals surface area contributed by atoms with Gasteiger partial charge in [0.25, 0.3) is 0 Å². The normalized spacial score (nSPS) is 13.7. The summed E-state index contributed by atoms with van der Waals surface area (Å²) in [4.78, 5) is 13.4. The van der Waals surface area contributed by atoms with Crippen molar-refractivity contribution in [2.45, 2.75) is 46.5 Å². The number of aryl methyl sites for hydroxylation is 1. The van der Waals surface area contributed by atoms with Crippen molar-refractivity contribution in [3.05, 3.63) is 93.6 Å². The van der Waals surface area contributed by atoms with E-state index in [9.17, 15) is 18.0 Å². The maximum Gasteiger partial charge on any atom is 0.416 e. The SMILES string of the molecule is Cc1cccc(OCC(C)C)c1-n1nc2c(c1-c1ccc(NC(N)=O)cc1)CN(Cc1cc(Cl)ccc1C(F)(F)F)CC2. The lowest BCUT2D eigenvalue weighted by Gasteiger charge is -2.28. The number of urea groups is 1. The van der Waals surface area contributed by atoms with Crippen LogP contribution in [0.25, 0.3) is 16.9 Å². The molecule has 2 amide bonds. The highest BCUT2D eigenvalue weighted by Crippen LogP contribution is 2.39. The molecule has 3 aromatic carbocycles. The smallest absolute Gasteiger partial charge is 0.416 e. The van der Waals surface area contributed by atoms with Crippen LogP contribution in [0, 0.1) is 12.8 Å². The van der Waals surface area contributed by atoms with Gasteiger partial charge in [0.15, 0.2) is 0 Å². The summed E-state index contributed by atoms with van der Waals surface area (Å²) >= 11 is 6.12. The molecule has 226 valence electrons. The Balaban J connectivity index is 1.60. The first-order valence-corrected chi connectivity index (χ1v) is 14.4. The minimum Gasteiger partial charge on any atom is -0.491 e. The van der Waals surface area contributed by atoms with Gasteiger partial charge >= 0.3 is 12.2 Å². The number of aromatic nitrogens is 2. The third-order valence-electron chi connectivity index (χ3n) is 7.29. The van der Waals surface area contributed by atoms with Crippen LogP contribution in [0.3, 0.4) is 0 Å². The molecule has 0 atom stereocenters. The number of hydrogen-bond donors (Lipinski definition) is 2. The Morgan fingerprint density at radius 3 is 2.56 bits per heavy atom. The maximum atomic E-state index is 13.8. The highest BCUT2D eigenvalue weighted by atomic mass is 35.5. The number of nitrogens with one attached hydrogen (secondary N) is 1. The van der Waals surface area contributed by atoms with Crippen molar-refractivity contribution in [3.63, 3.8) is 0 Å². The van der Waals surface area contributed by atoms with E-state index >= 15 is 0 Å². The standard InChI is InChI=1S/C32H33ClF3N5O2/c1-19(2)18-43-28-6-4-5-20(3)29(28)41-30(21-7-10-24(11-8-21)38-31(37)42)25-17-40(14-13-27(25)39-41)16-22-15-23(33)9-12-26(22)32(34,35)36/h4-12,15,19H,13-14,16-18H2,1-3H3,(H3,37,38,42). The second-order valence-corrected chi connectivity index (χ2v) is 11.6. The predicted molar refractivity (Wildman–Crippen MR) is 162 cm³/mol. The average molecular weight is 612 g/mol. The number of amides is 2. The quantitative estimate of drug-likeness (QED) is 0.215. The lowest BCUT2D eigenvalue weighted by molar-refractivity contribution is -0.138. The second kappa shape index (κ2) is 12.3. The van der Waals surface area contributed by atoms with Crippen molar-refractivity contribution in [2.75, 3.05) is 18.5 Å². The first-order valence-electron chi connectivity index (χ1n) is 14.0. The summed E-state index contributed by atoms with van der Waals surface area (Å²) in [5, 5.41) is 7.88. The van der Waals surface area contributed by atoms with Gasteiger partial charge in [-0.1, -0.05) is 49.7 Å². The molecule has 1 aromatic heterocycles. The second-order valence-electron chi connectivity index (χ2n) is 11.1. The van der Waals surface area contributed by atoms with Gasteiger partial charge in [-0.3, -0.25) is 4.90 Å². The Kier molecular flexibility index (Phi) is 8.71. The number of rotatable bonds is 8. The summed E-state index contributed by atoms with van der Waals surface area (Å²) in [7, 11) is 0. The topological polar surface area (TPSA) is 85.4 Å². The first-order chi connectivity index (χ1) is 20.4. The van der Waals surface area contributed by atoms with Crippen LogP contribution < -0.4 is 15.8 Å². The van der Waals surface area contributed by atoms with Crippen LogP contribution in [0.2, 0.25) is 5.02 Å². The highest BCUT2D eigenvalue weighted by Gasteiger charge is 2.35. The molecule has 2 heterocycles. The van der Waals surface area contributed by atoms with Crippen LogP contribution in [-0.2, 0) is 25.7 Å². The Bertz CT molecular complexity index is 1630. The first kappa shape index (κ1) is 30.4. The molecule has 0 bridgehead atoms. The van der Waals surface area contributed by atoms with E-state index in [0.717, 1.165) is 39.8 Å². The van der Waals surface area contributed by atoms with Gasteiger partial charge < -0.3 is 15.8 Å². The lowest BCUT2D eigenvalue weighted by atomic mass is 9.99. The van der Waals surface area contributed by atoms with Crippen LogP contribution in [0.1, 0.15) is 41.8 Å². The molecule has 0 unspecified atom stereocenters. The van der Waals surface area contributed by atoms with Gasteiger partial charge in [-0.25, -0.2) is 9.48 Å². The zero-order chi connectivity index (χ0) is 30.9. The number of primary amides is 1. The summed E-state index contributed by atoms with van der Waals surface area (Å²) < 4.78 is 49.6. The van der Waals surface area contributed by atoms with Crippen LogP contribution >= 0.6 is 11.6 Å². The molecule has 0 saturated carbocycles. The fourth-order valence-corrected chi connectivity index (χ4v) is 5.56. The fourth-order valence-electron chi connectivity index (χ4n) is 5.36. The Morgan fingerprint density at radius 2 is 1.88 bits per heavy atom. The van der Waals surface area contributed by atoms with Crippen molar-refractivity contribution < 1.29 is 22.7 Å². The Hall–Kier alpha value is -4.02. The number of anilines is 1. The summed E-state index contributed by atoms with van der Waals surface area (Å²) in [6, 6.07) is 16.1. The molecule has 0 aliphatic carbocycles. The molecule has 11 heteroatoms. The number of ether oxygens (including phenoxy) is 1. The van der Waals surface area contributed by atoms with Crippen molar-refractivity contribution in [1.29, 1.82) is 0 Å². The van der Waals surface area contributed by atoms with E-state index in [2.05, 4.69) is 19.2 Å². The van der Waals surface area contributed by atoms with E-state index in [0.29, 0.717) is 43.5 Å². The molecule has 0 fully saturated rings. The molecule has 43 heavy (non-hydrogen) atoms. The number of benzene rings is 3. The number of carbonyl (C=O) groups is 1. The third kappa shape index (κ3) is 6.81. The van der Waals surface area contributed by atoms with Gasteiger partial charge in [-0.2, -0.15) is 18.3 Å². The molecular weight excluding hydrogens is 579 g/mol. The third-order valence-corrected chi connectivity index (χ3v) is 7.53. The number of nitrogens with two attached hydrogens (primary N) is 1. The molecule has 0 saturated heterocycles. The minimum absolute atomic E-state index is 0.0774. The highest BCUT2D eigenvalue weighted by molar-refractivity contribution is 6.30. The number of carbonyl (C=O) groups excluding carboxylic acids is 1. The minimum atomic E-state index is -4.49. The van der Waals surface area contributed by atoms with Crippen molar-refractivity contribution >= 4 is 23.3 Å². The molecule has 3 N–H and O–H groups in total.